The molecule has 11 heavy (non-hydrogen) atoms. The molecule has 1 aliphatic rings. The zero-order valence-corrected chi connectivity index (χ0v) is 6.63. The van der Waals surface area contributed by atoms with E-state index >= 15 is 0 Å². The van der Waals surface area contributed by atoms with E-state index in [1.807, 2.05) is 0 Å². The van der Waals surface area contributed by atoms with Crippen LogP contribution < -0.4 is 10.6 Å². The molecule has 2 atom stereocenters. The third-order valence-electron chi connectivity index (χ3n) is 1.80. The van der Waals surface area contributed by atoms with Crippen molar-refractivity contribution in [3.05, 3.63) is 0 Å². The van der Waals surface area contributed by atoms with Crippen molar-refractivity contribution in [2.24, 2.45) is 0 Å². The van der Waals surface area contributed by atoms with E-state index in [1.165, 1.54) is 6.92 Å². The third kappa shape index (κ3) is 2.86. The Balaban J connectivity index is 2.13. The number of carbonyl (C=O) groups is 1. The maximum atomic E-state index is 10.5. The van der Waals surface area contributed by atoms with Crippen LogP contribution in [0.4, 0.5) is 0 Å². The molecule has 1 saturated heterocycles. The molecule has 0 bridgehead atoms. The maximum Gasteiger partial charge on any atom is 0.216 e. The quantitative estimate of drug-likeness (QED) is 0.475. The number of aliphatic hydroxyl groups excluding tert-OH is 1. The molecule has 3 N–H and O–H groups in total. The summed E-state index contributed by atoms with van der Waals surface area (Å²) in [4.78, 5) is 10.5. The smallest absolute Gasteiger partial charge is 0.216 e. The van der Waals surface area contributed by atoms with Crippen molar-refractivity contribution in [3.63, 3.8) is 0 Å². The Kier molecular flexibility index (Phi) is 2.84. The largest absolute Gasteiger partial charge is 0.392 e. The van der Waals surface area contributed by atoms with Gasteiger partial charge in [0.05, 0.1) is 6.10 Å². The highest BCUT2D eigenvalue weighted by Crippen LogP contribution is 2.04. The van der Waals surface area contributed by atoms with Crippen LogP contribution in [0.5, 0.6) is 0 Å². The molecule has 1 heterocycles. The molecule has 1 fully saturated rings. The molecular weight excluding hydrogens is 144 g/mol. The van der Waals surface area contributed by atoms with Gasteiger partial charge >= 0.3 is 0 Å². The molecule has 0 spiro atoms. The lowest BCUT2D eigenvalue weighted by Gasteiger charge is -2.09. The van der Waals surface area contributed by atoms with Crippen LogP contribution in [-0.2, 0) is 4.79 Å². The summed E-state index contributed by atoms with van der Waals surface area (Å²) < 4.78 is 0. The van der Waals surface area contributed by atoms with E-state index in [0.29, 0.717) is 13.1 Å². The van der Waals surface area contributed by atoms with Crippen LogP contribution in [-0.4, -0.2) is 36.2 Å². The second kappa shape index (κ2) is 3.69. The van der Waals surface area contributed by atoms with Gasteiger partial charge in [-0.05, 0) is 6.42 Å². The normalized spacial score (nSPS) is 30.4. The molecule has 0 radical (unpaired) electrons. The lowest BCUT2D eigenvalue weighted by Crippen LogP contribution is -2.35. The van der Waals surface area contributed by atoms with Crippen molar-refractivity contribution in [2.45, 2.75) is 25.5 Å². The minimum atomic E-state index is -0.242. The minimum absolute atomic E-state index is 0.0202. The van der Waals surface area contributed by atoms with Crippen molar-refractivity contribution in [2.75, 3.05) is 13.1 Å². The number of aliphatic hydroxyl groups is 1. The van der Waals surface area contributed by atoms with Crippen molar-refractivity contribution in [1.29, 1.82) is 0 Å². The second-order valence-electron chi connectivity index (χ2n) is 2.93. The average molecular weight is 158 g/mol. The lowest BCUT2D eigenvalue weighted by molar-refractivity contribution is -0.119. The fourth-order valence-electron chi connectivity index (χ4n) is 1.22. The van der Waals surface area contributed by atoms with Crippen molar-refractivity contribution in [3.8, 4) is 0 Å². The first-order valence-electron chi connectivity index (χ1n) is 3.84. The highest BCUT2D eigenvalue weighted by molar-refractivity contribution is 5.72. The summed E-state index contributed by atoms with van der Waals surface area (Å²) in [7, 11) is 0. The lowest BCUT2D eigenvalue weighted by atomic mass is 10.2. The zero-order chi connectivity index (χ0) is 8.27. The van der Waals surface area contributed by atoms with Crippen LogP contribution in [0.1, 0.15) is 13.3 Å². The minimum Gasteiger partial charge on any atom is -0.392 e. The number of carbonyl (C=O) groups excluding carboxylic acids is 1. The number of amides is 1. The van der Waals surface area contributed by atoms with Crippen molar-refractivity contribution >= 4 is 5.91 Å². The van der Waals surface area contributed by atoms with Crippen molar-refractivity contribution < 1.29 is 9.90 Å². The van der Waals surface area contributed by atoms with Crippen molar-refractivity contribution in [1.82, 2.24) is 10.6 Å². The standard InChI is InChI=1S/C7H14N2O2/c1-5(10)8-3-6-2-7(11)4-9-6/h6-7,9,11H,2-4H2,1H3,(H,8,10)/t6-,7-/m0/s1. The van der Waals surface area contributed by atoms with Gasteiger partial charge in [0.2, 0.25) is 5.91 Å². The number of nitrogens with one attached hydrogen (secondary N) is 2. The van der Waals surface area contributed by atoms with Gasteiger partial charge in [-0.15, -0.1) is 0 Å². The molecule has 4 heteroatoms. The Morgan fingerprint density at radius 2 is 2.55 bits per heavy atom. The summed E-state index contributed by atoms with van der Waals surface area (Å²) in [5, 5.41) is 14.9. The van der Waals surface area contributed by atoms with Crippen LogP contribution in [0.25, 0.3) is 0 Å². The van der Waals surface area contributed by atoms with E-state index in [4.69, 9.17) is 5.11 Å². The molecule has 0 aromatic carbocycles. The Bertz CT molecular complexity index is 149. The second-order valence-corrected chi connectivity index (χ2v) is 2.93. The Morgan fingerprint density at radius 1 is 1.82 bits per heavy atom. The SMILES string of the molecule is CC(=O)NC[C@@H]1C[C@H](O)CN1. The van der Waals surface area contributed by atoms with E-state index in [1.54, 1.807) is 0 Å². The highest BCUT2D eigenvalue weighted by atomic mass is 16.3. The molecule has 1 amide bonds. The fourth-order valence-corrected chi connectivity index (χ4v) is 1.22. The first-order valence-corrected chi connectivity index (χ1v) is 3.84. The van der Waals surface area contributed by atoms with Gasteiger partial charge in [-0.25, -0.2) is 0 Å². The predicted molar refractivity (Wildman–Crippen MR) is 41.1 cm³/mol. The summed E-state index contributed by atoms with van der Waals surface area (Å²) in [5.74, 6) is -0.0202. The number of β-amino-alcohol motifs (C(OH)–C–C–N with tert-alkyl or cyclic N) is 1. The summed E-state index contributed by atoms with van der Waals surface area (Å²) in [6, 6.07) is 0.244. The molecule has 1 aliphatic heterocycles. The van der Waals surface area contributed by atoms with Crippen LogP contribution >= 0.6 is 0 Å². The van der Waals surface area contributed by atoms with Gasteiger partial charge < -0.3 is 15.7 Å². The van der Waals surface area contributed by atoms with Gasteiger partial charge in [-0.1, -0.05) is 0 Å². The molecule has 64 valence electrons. The molecule has 0 saturated carbocycles. The van der Waals surface area contributed by atoms with Crippen LogP contribution in [0.2, 0.25) is 0 Å². The van der Waals surface area contributed by atoms with Gasteiger partial charge in [-0.3, -0.25) is 4.79 Å². The fraction of sp³-hybridized carbons (Fsp3) is 0.857. The molecule has 1 rings (SSSR count). The van der Waals surface area contributed by atoms with Gasteiger partial charge in [0.1, 0.15) is 0 Å². The van der Waals surface area contributed by atoms with Gasteiger partial charge in [0.25, 0.3) is 0 Å². The first-order chi connectivity index (χ1) is 5.18. The molecule has 0 unspecified atom stereocenters. The number of hydrogen-bond acceptors (Lipinski definition) is 3. The Hall–Kier alpha value is -0.610. The van der Waals surface area contributed by atoms with Crippen LogP contribution in [0, 0.1) is 0 Å². The molecule has 0 aliphatic carbocycles. The Labute approximate surface area is 66.0 Å². The molecule has 4 nitrogen and oxygen atoms in total. The highest BCUT2D eigenvalue weighted by Gasteiger charge is 2.21. The third-order valence-corrected chi connectivity index (χ3v) is 1.80. The van der Waals surface area contributed by atoms with Crippen LogP contribution in [0.3, 0.4) is 0 Å². The van der Waals surface area contributed by atoms with Gasteiger partial charge in [0.15, 0.2) is 0 Å². The molecule has 0 aromatic heterocycles. The number of rotatable bonds is 2. The summed E-state index contributed by atoms with van der Waals surface area (Å²) >= 11 is 0. The first kappa shape index (κ1) is 8.49. The van der Waals surface area contributed by atoms with Gasteiger partial charge in [0, 0.05) is 26.1 Å². The van der Waals surface area contributed by atoms with Crippen LogP contribution in [0.15, 0.2) is 0 Å². The topological polar surface area (TPSA) is 61.4 Å². The Morgan fingerprint density at radius 3 is 3.00 bits per heavy atom. The summed E-state index contributed by atoms with van der Waals surface area (Å²) in [5.41, 5.74) is 0. The monoisotopic (exact) mass is 158 g/mol. The average Bonchev–Trinajstić information content (AvgIpc) is 2.31. The van der Waals surface area contributed by atoms with Gasteiger partial charge in [-0.2, -0.15) is 0 Å². The van der Waals surface area contributed by atoms with E-state index in [2.05, 4.69) is 10.6 Å². The maximum absolute atomic E-state index is 10.5. The van der Waals surface area contributed by atoms with E-state index in [9.17, 15) is 4.79 Å². The van der Waals surface area contributed by atoms with E-state index < -0.39 is 0 Å². The molecular formula is C7H14N2O2. The molecule has 0 aromatic rings. The van der Waals surface area contributed by atoms with E-state index in [0.717, 1.165) is 6.42 Å². The summed E-state index contributed by atoms with van der Waals surface area (Å²) in [6.45, 7) is 2.75. The predicted octanol–water partition coefficient (Wildman–Crippen LogP) is -1.15. The zero-order valence-electron chi connectivity index (χ0n) is 6.63. The summed E-state index contributed by atoms with van der Waals surface area (Å²) in [6.07, 6.45) is 0.494. The number of hydrogen-bond donors (Lipinski definition) is 3. The van der Waals surface area contributed by atoms with E-state index in [-0.39, 0.29) is 18.1 Å².